The Morgan fingerprint density at radius 3 is 2.75 bits per heavy atom. The summed E-state index contributed by atoms with van der Waals surface area (Å²) in [5.74, 6) is -0.106. The van der Waals surface area contributed by atoms with Gasteiger partial charge in [0.05, 0.1) is 11.5 Å². The van der Waals surface area contributed by atoms with Gasteiger partial charge in [-0.25, -0.2) is 4.98 Å². The topological polar surface area (TPSA) is 109 Å². The SMILES string of the molecule is CCCN(CCO)C(=O)c1cc(NC)ncc1[N+](=O)[O-]. The predicted molar refractivity (Wildman–Crippen MR) is 73.7 cm³/mol. The molecule has 0 aliphatic rings. The van der Waals surface area contributed by atoms with Gasteiger partial charge in [-0.1, -0.05) is 6.92 Å². The number of rotatable bonds is 7. The van der Waals surface area contributed by atoms with Crippen LogP contribution in [0.25, 0.3) is 0 Å². The molecular formula is C12H18N4O4. The number of nitrogens with zero attached hydrogens (tertiary/aromatic N) is 3. The summed E-state index contributed by atoms with van der Waals surface area (Å²) in [6.45, 7) is 2.26. The molecule has 0 fully saturated rings. The monoisotopic (exact) mass is 282 g/mol. The Morgan fingerprint density at radius 2 is 2.25 bits per heavy atom. The number of carbonyl (C=O) groups is 1. The first-order valence-corrected chi connectivity index (χ1v) is 6.27. The fourth-order valence-electron chi connectivity index (χ4n) is 1.78. The second kappa shape index (κ2) is 7.39. The summed E-state index contributed by atoms with van der Waals surface area (Å²) in [6, 6.07) is 1.35. The van der Waals surface area contributed by atoms with Crippen molar-refractivity contribution >= 4 is 17.4 Å². The molecule has 0 spiro atoms. The van der Waals surface area contributed by atoms with Crippen molar-refractivity contribution in [2.24, 2.45) is 0 Å². The lowest BCUT2D eigenvalue weighted by Gasteiger charge is -2.21. The summed E-state index contributed by atoms with van der Waals surface area (Å²) in [5.41, 5.74) is -0.371. The van der Waals surface area contributed by atoms with Crippen LogP contribution >= 0.6 is 0 Å². The highest BCUT2D eigenvalue weighted by Crippen LogP contribution is 2.22. The number of carbonyl (C=O) groups excluding carboxylic acids is 1. The van der Waals surface area contributed by atoms with Gasteiger partial charge >= 0.3 is 0 Å². The van der Waals surface area contributed by atoms with E-state index in [1.807, 2.05) is 6.92 Å². The van der Waals surface area contributed by atoms with Crippen molar-refractivity contribution in [2.75, 3.05) is 32.1 Å². The van der Waals surface area contributed by atoms with Crippen molar-refractivity contribution < 1.29 is 14.8 Å². The molecule has 1 heterocycles. The van der Waals surface area contributed by atoms with Crippen molar-refractivity contribution in [1.82, 2.24) is 9.88 Å². The van der Waals surface area contributed by atoms with E-state index < -0.39 is 10.8 Å². The van der Waals surface area contributed by atoms with Gasteiger partial charge in [0.2, 0.25) is 0 Å². The van der Waals surface area contributed by atoms with Gasteiger partial charge < -0.3 is 15.3 Å². The van der Waals surface area contributed by atoms with Crippen molar-refractivity contribution in [1.29, 1.82) is 0 Å². The molecule has 0 saturated heterocycles. The molecule has 20 heavy (non-hydrogen) atoms. The first-order valence-electron chi connectivity index (χ1n) is 6.27. The zero-order valence-electron chi connectivity index (χ0n) is 11.5. The van der Waals surface area contributed by atoms with E-state index in [0.717, 1.165) is 6.20 Å². The number of hydrogen-bond acceptors (Lipinski definition) is 6. The van der Waals surface area contributed by atoms with Crippen LogP contribution in [0.1, 0.15) is 23.7 Å². The van der Waals surface area contributed by atoms with Crippen LogP contribution in [0.2, 0.25) is 0 Å². The molecule has 0 aromatic carbocycles. The van der Waals surface area contributed by atoms with Gasteiger partial charge in [-0.3, -0.25) is 14.9 Å². The summed E-state index contributed by atoms with van der Waals surface area (Å²) >= 11 is 0. The highest BCUT2D eigenvalue weighted by molar-refractivity contribution is 5.98. The molecule has 8 heteroatoms. The summed E-state index contributed by atoms with van der Waals surface area (Å²) in [4.78, 5) is 28.0. The quantitative estimate of drug-likeness (QED) is 0.567. The standard InChI is InChI=1S/C12H18N4O4/c1-3-4-15(5-6-17)12(18)9-7-11(13-2)14-8-10(9)16(19)20/h7-8,17H,3-6H2,1-2H3,(H,13,14). The van der Waals surface area contributed by atoms with Gasteiger partial charge in [0.1, 0.15) is 17.6 Å². The summed E-state index contributed by atoms with van der Waals surface area (Å²) in [5, 5.41) is 22.7. The van der Waals surface area contributed by atoms with E-state index >= 15 is 0 Å². The Morgan fingerprint density at radius 1 is 1.55 bits per heavy atom. The molecule has 0 radical (unpaired) electrons. The van der Waals surface area contributed by atoms with Crippen LogP contribution in [0.3, 0.4) is 0 Å². The Bertz CT molecular complexity index is 486. The molecule has 1 rings (SSSR count). The van der Waals surface area contributed by atoms with Gasteiger partial charge in [-0.05, 0) is 6.42 Å². The van der Waals surface area contributed by atoms with Gasteiger partial charge in [-0.2, -0.15) is 0 Å². The molecule has 0 aliphatic carbocycles. The molecule has 1 aromatic rings. The highest BCUT2D eigenvalue weighted by Gasteiger charge is 2.25. The minimum Gasteiger partial charge on any atom is -0.395 e. The Labute approximate surface area is 116 Å². The summed E-state index contributed by atoms with van der Waals surface area (Å²) < 4.78 is 0. The molecule has 1 aromatic heterocycles. The largest absolute Gasteiger partial charge is 0.395 e. The number of hydrogen-bond donors (Lipinski definition) is 2. The number of anilines is 1. The first kappa shape index (κ1) is 15.8. The van der Waals surface area contributed by atoms with Crippen LogP contribution in [0.5, 0.6) is 0 Å². The third-order valence-corrected chi connectivity index (χ3v) is 2.72. The van der Waals surface area contributed by atoms with Crippen LogP contribution in [0, 0.1) is 10.1 Å². The molecule has 0 atom stereocenters. The van der Waals surface area contributed by atoms with Crippen LogP contribution < -0.4 is 5.32 Å². The fourth-order valence-corrected chi connectivity index (χ4v) is 1.78. The van der Waals surface area contributed by atoms with E-state index in [2.05, 4.69) is 10.3 Å². The fraction of sp³-hybridized carbons (Fsp3) is 0.500. The third-order valence-electron chi connectivity index (χ3n) is 2.72. The van der Waals surface area contributed by atoms with Crippen LogP contribution in [0.4, 0.5) is 11.5 Å². The zero-order valence-corrected chi connectivity index (χ0v) is 11.5. The van der Waals surface area contributed by atoms with E-state index in [4.69, 9.17) is 5.11 Å². The van der Waals surface area contributed by atoms with E-state index in [0.29, 0.717) is 18.8 Å². The number of amides is 1. The van der Waals surface area contributed by atoms with Crippen LogP contribution in [-0.4, -0.2) is 52.6 Å². The molecule has 0 bridgehead atoms. The van der Waals surface area contributed by atoms with E-state index in [1.165, 1.54) is 11.0 Å². The van der Waals surface area contributed by atoms with Gasteiger partial charge in [0.25, 0.3) is 11.6 Å². The van der Waals surface area contributed by atoms with Gasteiger partial charge in [0.15, 0.2) is 0 Å². The van der Waals surface area contributed by atoms with E-state index in [-0.39, 0.29) is 24.4 Å². The average molecular weight is 282 g/mol. The average Bonchev–Trinajstić information content (AvgIpc) is 2.45. The molecular weight excluding hydrogens is 264 g/mol. The van der Waals surface area contributed by atoms with Gasteiger partial charge in [-0.15, -0.1) is 0 Å². The van der Waals surface area contributed by atoms with Gasteiger partial charge in [0, 0.05) is 26.2 Å². The van der Waals surface area contributed by atoms with Crippen molar-refractivity contribution in [3.05, 3.63) is 27.9 Å². The molecule has 1 amide bonds. The number of pyridine rings is 1. The maximum absolute atomic E-state index is 12.4. The van der Waals surface area contributed by atoms with Crippen molar-refractivity contribution in [3.63, 3.8) is 0 Å². The first-order chi connectivity index (χ1) is 9.54. The maximum atomic E-state index is 12.4. The van der Waals surface area contributed by atoms with E-state index in [1.54, 1.807) is 7.05 Å². The number of nitro groups is 1. The molecule has 8 nitrogen and oxygen atoms in total. The molecule has 0 saturated carbocycles. The lowest BCUT2D eigenvalue weighted by Crippen LogP contribution is -2.34. The van der Waals surface area contributed by atoms with Crippen molar-refractivity contribution in [2.45, 2.75) is 13.3 Å². The van der Waals surface area contributed by atoms with E-state index in [9.17, 15) is 14.9 Å². The lowest BCUT2D eigenvalue weighted by molar-refractivity contribution is -0.385. The smallest absolute Gasteiger partial charge is 0.300 e. The number of aliphatic hydroxyl groups excluding tert-OH is 1. The minimum atomic E-state index is -0.636. The number of aromatic nitrogens is 1. The maximum Gasteiger partial charge on any atom is 0.300 e. The Balaban J connectivity index is 3.19. The second-order valence-corrected chi connectivity index (χ2v) is 4.11. The molecule has 110 valence electrons. The summed E-state index contributed by atoms with van der Waals surface area (Å²) in [7, 11) is 1.61. The zero-order chi connectivity index (χ0) is 15.1. The normalized spacial score (nSPS) is 10.2. The van der Waals surface area contributed by atoms with Crippen molar-refractivity contribution in [3.8, 4) is 0 Å². The minimum absolute atomic E-state index is 0.0312. The molecule has 0 unspecified atom stereocenters. The molecule has 0 aliphatic heterocycles. The number of aliphatic hydroxyl groups is 1. The lowest BCUT2D eigenvalue weighted by atomic mass is 10.2. The Kier molecular flexibility index (Phi) is 5.85. The highest BCUT2D eigenvalue weighted by atomic mass is 16.6. The predicted octanol–water partition coefficient (Wildman–Crippen LogP) is 0.876. The second-order valence-electron chi connectivity index (χ2n) is 4.11. The number of nitrogens with one attached hydrogen (secondary N) is 1. The Hall–Kier alpha value is -2.22. The van der Waals surface area contributed by atoms with Crippen LogP contribution in [-0.2, 0) is 0 Å². The summed E-state index contributed by atoms with van der Waals surface area (Å²) in [6.07, 6.45) is 1.76. The third kappa shape index (κ3) is 3.64. The molecule has 2 N–H and O–H groups in total. The van der Waals surface area contributed by atoms with Crippen LogP contribution in [0.15, 0.2) is 12.3 Å².